The van der Waals surface area contributed by atoms with E-state index in [-0.39, 0.29) is 12.1 Å². The molecule has 1 aromatic carbocycles. The highest BCUT2D eigenvalue weighted by Crippen LogP contribution is 2.10. The molecular formula is C15H21N3O4. The number of hydrogen-bond donors (Lipinski definition) is 4. The first-order valence-electron chi connectivity index (χ1n) is 7.04. The monoisotopic (exact) mass is 307 g/mol. The second-order valence-electron chi connectivity index (χ2n) is 5.10. The van der Waals surface area contributed by atoms with Crippen LogP contribution < -0.4 is 16.0 Å². The van der Waals surface area contributed by atoms with E-state index in [2.05, 4.69) is 16.0 Å². The van der Waals surface area contributed by atoms with Crippen molar-refractivity contribution < 1.29 is 19.5 Å². The van der Waals surface area contributed by atoms with Gasteiger partial charge in [-0.2, -0.15) is 0 Å². The van der Waals surface area contributed by atoms with Gasteiger partial charge >= 0.3 is 12.0 Å². The quantitative estimate of drug-likeness (QED) is 0.643. The minimum Gasteiger partial charge on any atom is -0.480 e. The van der Waals surface area contributed by atoms with Crippen LogP contribution >= 0.6 is 0 Å². The van der Waals surface area contributed by atoms with Gasteiger partial charge in [-0.3, -0.25) is 4.79 Å². The van der Waals surface area contributed by atoms with E-state index < -0.39 is 17.9 Å². The number of aliphatic carboxylic acids is 1. The van der Waals surface area contributed by atoms with E-state index in [4.69, 9.17) is 5.11 Å². The Morgan fingerprint density at radius 2 is 1.68 bits per heavy atom. The topological polar surface area (TPSA) is 108 Å². The van der Waals surface area contributed by atoms with Crippen molar-refractivity contribution in [1.82, 2.24) is 10.6 Å². The van der Waals surface area contributed by atoms with E-state index in [1.807, 2.05) is 13.8 Å². The van der Waals surface area contributed by atoms with Crippen molar-refractivity contribution in [2.24, 2.45) is 0 Å². The smallest absolute Gasteiger partial charge is 0.326 e. The van der Waals surface area contributed by atoms with Crippen LogP contribution in [-0.4, -0.2) is 35.1 Å². The zero-order valence-corrected chi connectivity index (χ0v) is 12.8. The van der Waals surface area contributed by atoms with E-state index in [0.29, 0.717) is 17.7 Å². The minimum atomic E-state index is -1.07. The summed E-state index contributed by atoms with van der Waals surface area (Å²) in [4.78, 5) is 34.3. The number of hydrogen-bond acceptors (Lipinski definition) is 3. The summed E-state index contributed by atoms with van der Waals surface area (Å²) in [6, 6.07) is 4.98. The van der Waals surface area contributed by atoms with Crippen molar-refractivity contribution >= 4 is 23.6 Å². The van der Waals surface area contributed by atoms with Crippen molar-refractivity contribution in [1.29, 1.82) is 0 Å². The van der Waals surface area contributed by atoms with Gasteiger partial charge < -0.3 is 21.1 Å². The van der Waals surface area contributed by atoms with E-state index in [9.17, 15) is 14.4 Å². The number of urea groups is 1. The van der Waals surface area contributed by atoms with Crippen molar-refractivity contribution in [3.63, 3.8) is 0 Å². The molecule has 0 radical (unpaired) electrons. The van der Waals surface area contributed by atoms with Crippen molar-refractivity contribution in [2.45, 2.75) is 39.3 Å². The maximum atomic E-state index is 11.9. The van der Waals surface area contributed by atoms with E-state index in [1.165, 1.54) is 12.1 Å². The van der Waals surface area contributed by atoms with Gasteiger partial charge in [0.25, 0.3) is 5.91 Å². The van der Waals surface area contributed by atoms with Gasteiger partial charge in [0.1, 0.15) is 6.04 Å². The van der Waals surface area contributed by atoms with Crippen LogP contribution in [0.5, 0.6) is 0 Å². The molecule has 7 nitrogen and oxygen atoms in total. The summed E-state index contributed by atoms with van der Waals surface area (Å²) in [5.74, 6) is -1.54. The van der Waals surface area contributed by atoms with Crippen molar-refractivity contribution in [2.75, 3.05) is 5.32 Å². The molecule has 3 amide bonds. The molecule has 0 aliphatic heterocycles. The predicted molar refractivity (Wildman–Crippen MR) is 82.9 cm³/mol. The van der Waals surface area contributed by atoms with Gasteiger partial charge in [0.15, 0.2) is 0 Å². The van der Waals surface area contributed by atoms with Gasteiger partial charge in [0, 0.05) is 17.3 Å². The Kier molecular flexibility index (Phi) is 6.37. The maximum Gasteiger partial charge on any atom is 0.326 e. The van der Waals surface area contributed by atoms with Gasteiger partial charge in [0.05, 0.1) is 0 Å². The second-order valence-corrected chi connectivity index (χ2v) is 5.10. The van der Waals surface area contributed by atoms with Gasteiger partial charge in [-0.15, -0.1) is 0 Å². The van der Waals surface area contributed by atoms with Gasteiger partial charge in [-0.25, -0.2) is 9.59 Å². The van der Waals surface area contributed by atoms with Gasteiger partial charge in [-0.05, 0) is 44.5 Å². The molecule has 0 bridgehead atoms. The average Bonchev–Trinajstić information content (AvgIpc) is 2.43. The summed E-state index contributed by atoms with van der Waals surface area (Å²) >= 11 is 0. The Balaban J connectivity index is 2.66. The van der Waals surface area contributed by atoms with Crippen LogP contribution in [0, 0.1) is 0 Å². The molecule has 7 heteroatoms. The lowest BCUT2D eigenvalue weighted by Gasteiger charge is -2.13. The molecule has 120 valence electrons. The fraction of sp³-hybridized carbons (Fsp3) is 0.400. The second kappa shape index (κ2) is 8.02. The van der Waals surface area contributed by atoms with Crippen LogP contribution in [0.15, 0.2) is 24.3 Å². The number of rotatable bonds is 6. The molecule has 0 heterocycles. The lowest BCUT2D eigenvalue weighted by molar-refractivity contribution is -0.139. The third-order valence-corrected chi connectivity index (χ3v) is 2.84. The van der Waals surface area contributed by atoms with Crippen molar-refractivity contribution in [3.05, 3.63) is 29.8 Å². The number of carbonyl (C=O) groups is 3. The first kappa shape index (κ1) is 17.5. The molecule has 0 aromatic heterocycles. The van der Waals surface area contributed by atoms with Gasteiger partial charge in [-0.1, -0.05) is 6.92 Å². The number of anilines is 1. The summed E-state index contributed by atoms with van der Waals surface area (Å²) in [6.07, 6.45) is 0.302. The molecule has 1 aromatic rings. The molecule has 1 rings (SSSR count). The fourth-order valence-electron chi connectivity index (χ4n) is 1.71. The SMILES string of the molecule is CCC(NC(=O)c1ccc(NC(=O)NC(C)C)cc1)C(=O)O. The summed E-state index contributed by atoms with van der Waals surface area (Å²) in [7, 11) is 0. The van der Waals surface area contributed by atoms with E-state index in [1.54, 1.807) is 19.1 Å². The number of carboxylic acid groups (broad SMARTS) is 1. The molecule has 0 aliphatic carbocycles. The average molecular weight is 307 g/mol. The summed E-state index contributed by atoms with van der Waals surface area (Å²) in [5.41, 5.74) is 0.870. The summed E-state index contributed by atoms with van der Waals surface area (Å²) < 4.78 is 0. The Labute approximate surface area is 129 Å². The minimum absolute atomic E-state index is 0.0204. The fourth-order valence-corrected chi connectivity index (χ4v) is 1.71. The van der Waals surface area contributed by atoms with E-state index in [0.717, 1.165) is 0 Å². The van der Waals surface area contributed by atoms with Crippen LogP contribution in [0.1, 0.15) is 37.6 Å². The molecule has 1 unspecified atom stereocenters. The number of benzene rings is 1. The molecule has 0 spiro atoms. The Morgan fingerprint density at radius 3 is 2.14 bits per heavy atom. The Hall–Kier alpha value is -2.57. The number of carboxylic acids is 1. The van der Waals surface area contributed by atoms with Gasteiger partial charge in [0.2, 0.25) is 0 Å². The third kappa shape index (κ3) is 5.43. The summed E-state index contributed by atoms with van der Waals surface area (Å²) in [6.45, 7) is 5.37. The zero-order valence-electron chi connectivity index (χ0n) is 12.8. The highest BCUT2D eigenvalue weighted by molar-refractivity contribution is 5.97. The molecule has 0 aliphatic rings. The molecule has 0 saturated heterocycles. The van der Waals surface area contributed by atoms with Crippen LogP contribution in [0.3, 0.4) is 0 Å². The largest absolute Gasteiger partial charge is 0.480 e. The number of amides is 3. The lowest BCUT2D eigenvalue weighted by atomic mass is 10.1. The standard InChI is InChI=1S/C15H21N3O4/c1-4-12(14(20)21)18-13(19)10-5-7-11(8-6-10)17-15(22)16-9(2)3/h5-9,12H,4H2,1-3H3,(H,18,19)(H,20,21)(H2,16,17,22). The molecule has 22 heavy (non-hydrogen) atoms. The molecular weight excluding hydrogens is 286 g/mol. The number of carbonyl (C=O) groups excluding carboxylic acids is 2. The highest BCUT2D eigenvalue weighted by atomic mass is 16.4. The van der Waals surface area contributed by atoms with E-state index >= 15 is 0 Å². The maximum absolute atomic E-state index is 11.9. The Morgan fingerprint density at radius 1 is 1.09 bits per heavy atom. The third-order valence-electron chi connectivity index (χ3n) is 2.84. The van der Waals surface area contributed by atoms with Crippen LogP contribution in [0.4, 0.5) is 10.5 Å². The van der Waals surface area contributed by atoms with Crippen LogP contribution in [0.25, 0.3) is 0 Å². The first-order chi connectivity index (χ1) is 10.3. The molecule has 0 saturated carbocycles. The first-order valence-corrected chi connectivity index (χ1v) is 7.04. The lowest BCUT2D eigenvalue weighted by Crippen LogP contribution is -2.40. The molecule has 0 fully saturated rings. The zero-order chi connectivity index (χ0) is 16.7. The van der Waals surface area contributed by atoms with Crippen LogP contribution in [-0.2, 0) is 4.79 Å². The number of nitrogens with one attached hydrogen (secondary N) is 3. The molecule has 4 N–H and O–H groups in total. The predicted octanol–water partition coefficient (Wildman–Crippen LogP) is 1.81. The normalized spacial score (nSPS) is 11.6. The van der Waals surface area contributed by atoms with Crippen molar-refractivity contribution in [3.8, 4) is 0 Å². The van der Waals surface area contributed by atoms with Crippen LogP contribution in [0.2, 0.25) is 0 Å². The highest BCUT2D eigenvalue weighted by Gasteiger charge is 2.18. The molecule has 1 atom stereocenters. The Bertz CT molecular complexity index is 540. The summed E-state index contributed by atoms with van der Waals surface area (Å²) in [5, 5.41) is 16.7.